The van der Waals surface area contributed by atoms with Crippen LogP contribution in [0.4, 0.5) is 0 Å². The molecule has 0 aliphatic carbocycles. The second-order valence-corrected chi connectivity index (χ2v) is 3.91. The van der Waals surface area contributed by atoms with Crippen molar-refractivity contribution in [3.63, 3.8) is 0 Å². The van der Waals surface area contributed by atoms with E-state index in [1.165, 1.54) is 0 Å². The summed E-state index contributed by atoms with van der Waals surface area (Å²) in [5.74, 6) is 0.653. The van der Waals surface area contributed by atoms with Gasteiger partial charge in [-0.05, 0) is 25.5 Å². The Hall–Kier alpha value is -1.79. The summed E-state index contributed by atoms with van der Waals surface area (Å²) >= 11 is 0. The fraction of sp³-hybridized carbons (Fsp3) is 0.364. The van der Waals surface area contributed by atoms with E-state index in [0.717, 1.165) is 11.1 Å². The molecule has 0 saturated carbocycles. The van der Waals surface area contributed by atoms with Gasteiger partial charge in [-0.1, -0.05) is 5.16 Å². The second-order valence-electron chi connectivity index (χ2n) is 3.91. The van der Waals surface area contributed by atoms with Crippen LogP contribution in [0.3, 0.4) is 0 Å². The van der Waals surface area contributed by atoms with Crippen molar-refractivity contribution < 1.29 is 9.63 Å². The molecule has 0 aliphatic heterocycles. The highest BCUT2D eigenvalue weighted by atomic mass is 16.5. The summed E-state index contributed by atoms with van der Waals surface area (Å²) in [6.45, 7) is 3.51. The van der Waals surface area contributed by atoms with Crippen molar-refractivity contribution in [2.45, 2.75) is 26.0 Å². The van der Waals surface area contributed by atoms with Gasteiger partial charge < -0.3 is 15.4 Å². The summed E-state index contributed by atoms with van der Waals surface area (Å²) in [4.78, 5) is 8.17. The molecule has 6 heteroatoms. The van der Waals surface area contributed by atoms with E-state index in [9.17, 15) is 5.11 Å². The third-order valence-electron chi connectivity index (χ3n) is 2.53. The topological polar surface area (TPSA) is 98.1 Å². The highest BCUT2D eigenvalue weighted by molar-refractivity contribution is 5.57. The van der Waals surface area contributed by atoms with Gasteiger partial charge >= 0.3 is 0 Å². The molecule has 2 aromatic heterocycles. The molecular formula is C11H14N4O2. The maximum absolute atomic E-state index is 9.34. The number of aliphatic hydroxyl groups excluding tert-OH is 1. The molecule has 0 aromatic carbocycles. The van der Waals surface area contributed by atoms with Crippen LogP contribution >= 0.6 is 0 Å². The third-order valence-corrected chi connectivity index (χ3v) is 2.53. The van der Waals surface area contributed by atoms with Crippen LogP contribution < -0.4 is 5.73 Å². The predicted octanol–water partition coefficient (Wildman–Crippen LogP) is 0.821. The molecule has 2 rings (SSSR count). The molecule has 2 aromatic rings. The standard InChI is InChI=1S/C11H14N4O2/c1-6-3-4-13-5-8(6)10-14-11(17-15-10)9(12)7(2)16/h3-5,7,9,16H,12H2,1-2H3. The van der Waals surface area contributed by atoms with Crippen molar-refractivity contribution in [2.75, 3.05) is 0 Å². The van der Waals surface area contributed by atoms with Crippen molar-refractivity contribution >= 4 is 0 Å². The Morgan fingerprint density at radius 1 is 1.47 bits per heavy atom. The van der Waals surface area contributed by atoms with E-state index >= 15 is 0 Å². The second kappa shape index (κ2) is 4.60. The smallest absolute Gasteiger partial charge is 0.246 e. The summed E-state index contributed by atoms with van der Waals surface area (Å²) in [5.41, 5.74) is 7.50. The molecule has 17 heavy (non-hydrogen) atoms. The minimum atomic E-state index is -0.738. The van der Waals surface area contributed by atoms with Crippen LogP contribution in [0.25, 0.3) is 11.4 Å². The van der Waals surface area contributed by atoms with Crippen LogP contribution in [0.5, 0.6) is 0 Å². The fourth-order valence-electron chi connectivity index (χ4n) is 1.38. The van der Waals surface area contributed by atoms with Gasteiger partial charge in [-0.25, -0.2) is 0 Å². The first-order valence-electron chi connectivity index (χ1n) is 5.28. The Morgan fingerprint density at radius 2 is 2.24 bits per heavy atom. The number of hydrogen-bond donors (Lipinski definition) is 2. The lowest BCUT2D eigenvalue weighted by molar-refractivity contribution is 0.146. The van der Waals surface area contributed by atoms with E-state index < -0.39 is 12.1 Å². The normalized spacial score (nSPS) is 14.6. The van der Waals surface area contributed by atoms with Gasteiger partial charge in [0.15, 0.2) is 0 Å². The lowest BCUT2D eigenvalue weighted by Crippen LogP contribution is -2.23. The van der Waals surface area contributed by atoms with Gasteiger partial charge in [-0.15, -0.1) is 0 Å². The third kappa shape index (κ3) is 2.32. The molecule has 0 spiro atoms. The molecule has 2 atom stereocenters. The van der Waals surface area contributed by atoms with Crippen LogP contribution in [-0.4, -0.2) is 26.3 Å². The number of aliphatic hydroxyl groups is 1. The first kappa shape index (κ1) is 11.7. The van der Waals surface area contributed by atoms with Crippen molar-refractivity contribution in [3.8, 4) is 11.4 Å². The van der Waals surface area contributed by atoms with Crippen LogP contribution in [0.15, 0.2) is 23.0 Å². The number of nitrogens with zero attached hydrogens (tertiary/aromatic N) is 3. The van der Waals surface area contributed by atoms with Gasteiger partial charge in [-0.3, -0.25) is 4.98 Å². The zero-order chi connectivity index (χ0) is 12.4. The quantitative estimate of drug-likeness (QED) is 0.815. The Balaban J connectivity index is 2.34. The molecular weight excluding hydrogens is 220 g/mol. The Bertz CT molecular complexity index is 510. The van der Waals surface area contributed by atoms with E-state index in [1.807, 2.05) is 13.0 Å². The number of pyridine rings is 1. The molecule has 2 heterocycles. The summed E-state index contributed by atoms with van der Waals surface area (Å²) in [5, 5.41) is 13.2. The molecule has 0 fully saturated rings. The largest absolute Gasteiger partial charge is 0.391 e. The highest BCUT2D eigenvalue weighted by Gasteiger charge is 2.20. The van der Waals surface area contributed by atoms with Crippen LogP contribution in [0.2, 0.25) is 0 Å². The molecule has 90 valence electrons. The number of aromatic nitrogens is 3. The predicted molar refractivity (Wildman–Crippen MR) is 60.9 cm³/mol. The van der Waals surface area contributed by atoms with Crippen molar-refractivity contribution in [1.82, 2.24) is 15.1 Å². The van der Waals surface area contributed by atoms with E-state index in [2.05, 4.69) is 15.1 Å². The molecule has 0 bridgehead atoms. The zero-order valence-corrected chi connectivity index (χ0v) is 9.66. The minimum Gasteiger partial charge on any atom is -0.391 e. The minimum absolute atomic E-state index is 0.221. The molecule has 0 saturated heterocycles. The SMILES string of the molecule is Cc1ccncc1-c1noc(C(N)C(C)O)n1. The van der Waals surface area contributed by atoms with Gasteiger partial charge in [0.1, 0.15) is 6.04 Å². The zero-order valence-electron chi connectivity index (χ0n) is 9.66. The van der Waals surface area contributed by atoms with Gasteiger partial charge in [0.05, 0.1) is 6.10 Å². The molecule has 6 nitrogen and oxygen atoms in total. The van der Waals surface area contributed by atoms with Gasteiger partial charge in [0, 0.05) is 18.0 Å². The van der Waals surface area contributed by atoms with Crippen LogP contribution in [0, 0.1) is 6.92 Å². The first-order chi connectivity index (χ1) is 8.09. The molecule has 0 radical (unpaired) electrons. The summed E-state index contributed by atoms with van der Waals surface area (Å²) in [6.07, 6.45) is 2.62. The van der Waals surface area contributed by atoms with E-state index in [-0.39, 0.29) is 5.89 Å². The monoisotopic (exact) mass is 234 g/mol. The van der Waals surface area contributed by atoms with Crippen molar-refractivity contribution in [3.05, 3.63) is 29.9 Å². The molecule has 3 N–H and O–H groups in total. The number of aryl methyl sites for hydroxylation is 1. The van der Waals surface area contributed by atoms with E-state index in [4.69, 9.17) is 10.3 Å². The van der Waals surface area contributed by atoms with Crippen molar-refractivity contribution in [1.29, 1.82) is 0 Å². The maximum atomic E-state index is 9.34. The Morgan fingerprint density at radius 3 is 2.88 bits per heavy atom. The van der Waals surface area contributed by atoms with Gasteiger partial charge in [-0.2, -0.15) is 4.98 Å². The Labute approximate surface area is 98.5 Å². The first-order valence-corrected chi connectivity index (χ1v) is 5.28. The number of nitrogens with two attached hydrogens (primary N) is 1. The van der Waals surface area contributed by atoms with E-state index in [1.54, 1.807) is 19.3 Å². The van der Waals surface area contributed by atoms with Gasteiger partial charge in [0.2, 0.25) is 11.7 Å². The fourth-order valence-corrected chi connectivity index (χ4v) is 1.38. The van der Waals surface area contributed by atoms with Gasteiger partial charge in [0.25, 0.3) is 0 Å². The Kier molecular flexibility index (Phi) is 3.16. The van der Waals surface area contributed by atoms with Crippen LogP contribution in [0.1, 0.15) is 24.4 Å². The summed E-state index contributed by atoms with van der Waals surface area (Å²) in [7, 11) is 0. The molecule has 0 amide bonds. The average Bonchev–Trinajstić information content (AvgIpc) is 2.77. The van der Waals surface area contributed by atoms with Crippen molar-refractivity contribution in [2.24, 2.45) is 5.73 Å². The molecule has 2 unspecified atom stereocenters. The lowest BCUT2D eigenvalue weighted by Gasteiger charge is -2.08. The number of rotatable bonds is 3. The van der Waals surface area contributed by atoms with E-state index in [0.29, 0.717) is 5.82 Å². The lowest BCUT2D eigenvalue weighted by atomic mass is 10.1. The maximum Gasteiger partial charge on any atom is 0.246 e. The average molecular weight is 234 g/mol. The summed E-state index contributed by atoms with van der Waals surface area (Å²) < 4.78 is 5.02. The molecule has 0 aliphatic rings. The number of hydrogen-bond acceptors (Lipinski definition) is 6. The summed E-state index contributed by atoms with van der Waals surface area (Å²) in [6, 6.07) is 1.19. The van der Waals surface area contributed by atoms with Crippen LogP contribution in [-0.2, 0) is 0 Å². The highest BCUT2D eigenvalue weighted by Crippen LogP contribution is 2.21.